The summed E-state index contributed by atoms with van der Waals surface area (Å²) in [5, 5.41) is 0. The zero-order chi connectivity index (χ0) is 11.4. The minimum Gasteiger partial charge on any atom is -0.382 e. The molecule has 17 heavy (non-hydrogen) atoms. The van der Waals surface area contributed by atoms with Crippen LogP contribution in [-0.2, 0) is 0 Å². The molecule has 0 amide bonds. The first-order valence-electron chi connectivity index (χ1n) is 6.87. The fourth-order valence-corrected chi connectivity index (χ4v) is 4.93. The van der Waals surface area contributed by atoms with Crippen molar-refractivity contribution in [3.63, 3.8) is 0 Å². The monoisotopic (exact) mass is 229 g/mol. The van der Waals surface area contributed by atoms with Crippen molar-refractivity contribution in [2.75, 3.05) is 5.73 Å². The second-order valence-electron chi connectivity index (χ2n) is 6.32. The normalized spacial score (nSPS) is 42.9. The molecular weight excluding hydrogens is 210 g/mol. The quantitative estimate of drug-likeness (QED) is 0.805. The highest BCUT2D eigenvalue weighted by atomic mass is 14.9. The van der Waals surface area contributed by atoms with E-state index < -0.39 is 0 Å². The number of nitrogens with two attached hydrogens (primary N) is 1. The number of nitrogen functional groups attached to an aromatic ring is 1. The van der Waals surface area contributed by atoms with Crippen LogP contribution in [-0.4, -0.2) is 9.97 Å². The molecule has 1 aromatic heterocycles. The molecule has 0 aliphatic heterocycles. The molecule has 4 saturated carbocycles. The maximum absolute atomic E-state index is 5.63. The van der Waals surface area contributed by atoms with Gasteiger partial charge in [-0.15, -0.1) is 0 Å². The molecule has 0 spiro atoms. The lowest BCUT2D eigenvalue weighted by atomic mass is 9.51. The van der Waals surface area contributed by atoms with E-state index in [2.05, 4.69) is 9.97 Å². The van der Waals surface area contributed by atoms with E-state index in [1.807, 2.05) is 6.20 Å². The molecule has 0 radical (unpaired) electrons. The van der Waals surface area contributed by atoms with Gasteiger partial charge in [0.15, 0.2) is 0 Å². The van der Waals surface area contributed by atoms with E-state index in [9.17, 15) is 0 Å². The summed E-state index contributed by atoms with van der Waals surface area (Å²) in [5.41, 5.74) is 6.83. The Hall–Kier alpha value is -1.12. The Kier molecular flexibility index (Phi) is 1.99. The molecule has 1 heterocycles. The molecule has 3 heteroatoms. The second-order valence-corrected chi connectivity index (χ2v) is 6.32. The molecule has 0 saturated heterocycles. The Morgan fingerprint density at radius 2 is 1.53 bits per heavy atom. The minimum atomic E-state index is 0.539. The maximum atomic E-state index is 5.63. The van der Waals surface area contributed by atoms with E-state index in [4.69, 9.17) is 5.73 Å². The van der Waals surface area contributed by atoms with Crippen molar-refractivity contribution in [2.24, 2.45) is 23.7 Å². The lowest BCUT2D eigenvalue weighted by Crippen LogP contribution is -2.44. The average Bonchev–Trinajstić information content (AvgIpc) is 2.30. The summed E-state index contributed by atoms with van der Waals surface area (Å²) in [6.07, 6.45) is 10.9. The zero-order valence-corrected chi connectivity index (χ0v) is 10.0. The van der Waals surface area contributed by atoms with Gasteiger partial charge in [-0.2, -0.15) is 0 Å². The van der Waals surface area contributed by atoms with E-state index in [0.717, 1.165) is 23.7 Å². The van der Waals surface area contributed by atoms with Gasteiger partial charge in [0.25, 0.3) is 0 Å². The van der Waals surface area contributed by atoms with Crippen molar-refractivity contribution in [1.82, 2.24) is 9.97 Å². The Balaban J connectivity index is 1.68. The highest BCUT2D eigenvalue weighted by Crippen LogP contribution is 2.59. The van der Waals surface area contributed by atoms with Crippen molar-refractivity contribution in [3.05, 3.63) is 18.1 Å². The highest BCUT2D eigenvalue weighted by molar-refractivity contribution is 5.25. The largest absolute Gasteiger partial charge is 0.382 e. The summed E-state index contributed by atoms with van der Waals surface area (Å²) in [5.74, 6) is 5.02. The van der Waals surface area contributed by atoms with Gasteiger partial charge in [0.05, 0.1) is 18.1 Å². The summed E-state index contributed by atoms with van der Waals surface area (Å²) >= 11 is 0. The van der Waals surface area contributed by atoms with Crippen molar-refractivity contribution in [3.8, 4) is 0 Å². The van der Waals surface area contributed by atoms with Crippen LogP contribution < -0.4 is 5.73 Å². The number of rotatable bonds is 1. The Bertz CT molecular complexity index is 398. The standard InChI is InChI=1S/C14H19N3/c15-13-7-16-12(6-17-13)14-10-2-8-1-9(4-10)5-11(14)3-8/h6-11,14H,1-5H2,(H2,15,17). The van der Waals surface area contributed by atoms with Crippen molar-refractivity contribution < 1.29 is 0 Å². The van der Waals surface area contributed by atoms with E-state index in [1.54, 1.807) is 6.20 Å². The number of aromatic nitrogens is 2. The molecule has 90 valence electrons. The van der Waals surface area contributed by atoms with Crippen LogP contribution >= 0.6 is 0 Å². The molecule has 4 fully saturated rings. The third-order valence-corrected chi connectivity index (χ3v) is 5.26. The van der Waals surface area contributed by atoms with Crippen LogP contribution in [0.25, 0.3) is 0 Å². The van der Waals surface area contributed by atoms with Crippen LogP contribution in [0.5, 0.6) is 0 Å². The lowest BCUT2D eigenvalue weighted by molar-refractivity contribution is -0.00426. The summed E-state index contributed by atoms with van der Waals surface area (Å²) in [6.45, 7) is 0. The van der Waals surface area contributed by atoms with Crippen LogP contribution in [0.1, 0.15) is 43.7 Å². The third kappa shape index (κ3) is 1.48. The topological polar surface area (TPSA) is 51.8 Å². The number of hydrogen-bond acceptors (Lipinski definition) is 3. The van der Waals surface area contributed by atoms with Gasteiger partial charge in [-0.1, -0.05) is 0 Å². The van der Waals surface area contributed by atoms with Gasteiger partial charge in [-0.3, -0.25) is 4.98 Å². The maximum Gasteiger partial charge on any atom is 0.141 e. The number of nitrogens with zero attached hydrogens (tertiary/aromatic N) is 2. The van der Waals surface area contributed by atoms with Crippen LogP contribution in [0.2, 0.25) is 0 Å². The summed E-state index contributed by atoms with van der Waals surface area (Å²) < 4.78 is 0. The number of anilines is 1. The van der Waals surface area contributed by atoms with Gasteiger partial charge < -0.3 is 5.73 Å². The lowest BCUT2D eigenvalue weighted by Gasteiger charge is -2.54. The van der Waals surface area contributed by atoms with Gasteiger partial charge in [0.2, 0.25) is 0 Å². The van der Waals surface area contributed by atoms with Gasteiger partial charge in [0.1, 0.15) is 5.82 Å². The second kappa shape index (κ2) is 3.44. The molecule has 2 N–H and O–H groups in total. The Morgan fingerprint density at radius 1 is 0.882 bits per heavy atom. The van der Waals surface area contributed by atoms with Crippen molar-refractivity contribution in [1.29, 1.82) is 0 Å². The molecule has 1 aromatic rings. The average molecular weight is 229 g/mol. The highest BCUT2D eigenvalue weighted by Gasteiger charge is 2.49. The summed E-state index contributed by atoms with van der Waals surface area (Å²) in [4.78, 5) is 8.76. The smallest absolute Gasteiger partial charge is 0.141 e. The van der Waals surface area contributed by atoms with Crippen LogP contribution in [0.4, 0.5) is 5.82 Å². The Labute approximate surface area is 102 Å². The van der Waals surface area contributed by atoms with E-state index in [0.29, 0.717) is 11.7 Å². The van der Waals surface area contributed by atoms with Gasteiger partial charge in [-0.05, 0) is 55.8 Å². The molecule has 3 nitrogen and oxygen atoms in total. The molecule has 0 unspecified atom stereocenters. The molecule has 5 rings (SSSR count). The van der Waals surface area contributed by atoms with Gasteiger partial charge in [0, 0.05) is 5.92 Å². The Morgan fingerprint density at radius 3 is 2.06 bits per heavy atom. The molecule has 0 atom stereocenters. The van der Waals surface area contributed by atoms with Crippen LogP contribution in [0.3, 0.4) is 0 Å². The fourth-order valence-electron chi connectivity index (χ4n) is 4.93. The van der Waals surface area contributed by atoms with E-state index >= 15 is 0 Å². The molecule has 0 aromatic carbocycles. The molecule has 4 bridgehead atoms. The summed E-state index contributed by atoms with van der Waals surface area (Å²) in [7, 11) is 0. The molecular formula is C14H19N3. The van der Waals surface area contributed by atoms with Gasteiger partial charge >= 0.3 is 0 Å². The van der Waals surface area contributed by atoms with Gasteiger partial charge in [-0.25, -0.2) is 4.98 Å². The minimum absolute atomic E-state index is 0.539. The first-order chi connectivity index (χ1) is 8.29. The third-order valence-electron chi connectivity index (χ3n) is 5.26. The first-order valence-corrected chi connectivity index (χ1v) is 6.87. The first kappa shape index (κ1) is 9.86. The summed E-state index contributed by atoms with van der Waals surface area (Å²) in [6, 6.07) is 0. The van der Waals surface area contributed by atoms with E-state index in [-0.39, 0.29) is 0 Å². The van der Waals surface area contributed by atoms with Crippen molar-refractivity contribution in [2.45, 2.75) is 38.0 Å². The number of hydrogen-bond donors (Lipinski definition) is 1. The predicted octanol–water partition coefficient (Wildman–Crippen LogP) is 2.60. The van der Waals surface area contributed by atoms with Crippen LogP contribution in [0, 0.1) is 23.7 Å². The fraction of sp³-hybridized carbons (Fsp3) is 0.714. The van der Waals surface area contributed by atoms with E-state index in [1.165, 1.54) is 37.8 Å². The molecule has 4 aliphatic rings. The van der Waals surface area contributed by atoms with Crippen molar-refractivity contribution >= 4 is 5.82 Å². The predicted molar refractivity (Wildman–Crippen MR) is 66.2 cm³/mol. The van der Waals surface area contributed by atoms with Crippen LogP contribution in [0.15, 0.2) is 12.4 Å². The molecule has 4 aliphatic carbocycles. The SMILES string of the molecule is Nc1cnc(C2C3CC4CC(C3)CC2C4)cn1. The zero-order valence-electron chi connectivity index (χ0n) is 10.0.